The lowest BCUT2D eigenvalue weighted by Crippen LogP contribution is -2.38. The molecular formula is C12H16N2O3. The first-order valence-electron chi connectivity index (χ1n) is 5.37. The molecule has 0 radical (unpaired) electrons. The molecule has 0 aromatic heterocycles. The van der Waals surface area contributed by atoms with Crippen LogP contribution in [0.1, 0.15) is 22.8 Å². The van der Waals surface area contributed by atoms with Gasteiger partial charge in [0.2, 0.25) is 0 Å². The van der Waals surface area contributed by atoms with E-state index in [1.54, 1.807) is 12.1 Å². The summed E-state index contributed by atoms with van der Waals surface area (Å²) in [5.74, 6) is -1.45. The van der Waals surface area contributed by atoms with Gasteiger partial charge < -0.3 is 16.2 Å². The number of amides is 1. The predicted octanol–water partition coefficient (Wildman–Crippen LogP) is 0.391. The first-order chi connectivity index (χ1) is 8.04. The van der Waals surface area contributed by atoms with Gasteiger partial charge in [-0.2, -0.15) is 0 Å². The highest BCUT2D eigenvalue weighted by atomic mass is 16.4. The van der Waals surface area contributed by atoms with Crippen LogP contribution < -0.4 is 11.1 Å². The van der Waals surface area contributed by atoms with Crippen molar-refractivity contribution in [2.75, 3.05) is 6.54 Å². The number of hydrogen-bond donors (Lipinski definition) is 3. The Morgan fingerprint density at radius 3 is 2.41 bits per heavy atom. The van der Waals surface area contributed by atoms with Gasteiger partial charge in [0.1, 0.15) is 6.04 Å². The molecule has 0 fully saturated rings. The molecule has 1 atom stereocenters. The fourth-order valence-corrected chi connectivity index (χ4v) is 1.33. The Labute approximate surface area is 99.6 Å². The molecule has 1 amide bonds. The van der Waals surface area contributed by atoms with Gasteiger partial charge in [-0.3, -0.25) is 9.59 Å². The quantitative estimate of drug-likeness (QED) is 0.689. The molecule has 0 heterocycles. The van der Waals surface area contributed by atoms with Crippen molar-refractivity contribution in [1.29, 1.82) is 0 Å². The van der Waals surface area contributed by atoms with Crippen LogP contribution in [0, 0.1) is 0 Å². The minimum absolute atomic E-state index is 0.390. The summed E-state index contributed by atoms with van der Waals surface area (Å²) < 4.78 is 0. The SMILES string of the molecule is CC(NC(=O)c1ccc(CCN)cc1)C(=O)O. The highest BCUT2D eigenvalue weighted by molar-refractivity contribution is 5.96. The highest BCUT2D eigenvalue weighted by Gasteiger charge is 2.14. The summed E-state index contributed by atoms with van der Waals surface area (Å²) in [5, 5.41) is 11.0. The largest absolute Gasteiger partial charge is 0.480 e. The molecule has 1 aromatic carbocycles. The molecule has 5 nitrogen and oxygen atoms in total. The second-order valence-corrected chi connectivity index (χ2v) is 3.77. The van der Waals surface area contributed by atoms with Crippen LogP contribution in [0.2, 0.25) is 0 Å². The van der Waals surface area contributed by atoms with Gasteiger partial charge in [0.15, 0.2) is 0 Å². The lowest BCUT2D eigenvalue weighted by molar-refractivity contribution is -0.138. The van der Waals surface area contributed by atoms with E-state index in [1.807, 2.05) is 12.1 Å². The minimum atomic E-state index is -1.06. The number of nitrogens with one attached hydrogen (secondary N) is 1. The molecule has 0 saturated heterocycles. The summed E-state index contributed by atoms with van der Waals surface area (Å²) in [6.45, 7) is 1.98. The Morgan fingerprint density at radius 1 is 1.35 bits per heavy atom. The van der Waals surface area contributed by atoms with Gasteiger partial charge in [-0.1, -0.05) is 12.1 Å². The zero-order chi connectivity index (χ0) is 12.8. The zero-order valence-electron chi connectivity index (χ0n) is 9.64. The molecule has 1 rings (SSSR count). The Bertz CT molecular complexity index is 401. The second-order valence-electron chi connectivity index (χ2n) is 3.77. The normalized spacial score (nSPS) is 11.9. The third kappa shape index (κ3) is 3.88. The molecule has 17 heavy (non-hydrogen) atoms. The number of benzene rings is 1. The molecule has 0 saturated carbocycles. The first-order valence-corrected chi connectivity index (χ1v) is 5.37. The topological polar surface area (TPSA) is 92.4 Å². The van der Waals surface area contributed by atoms with Crippen LogP contribution >= 0.6 is 0 Å². The summed E-state index contributed by atoms with van der Waals surface area (Å²) in [5.41, 5.74) is 6.91. The highest BCUT2D eigenvalue weighted by Crippen LogP contribution is 2.05. The number of nitrogens with two attached hydrogens (primary N) is 1. The number of carboxylic acid groups (broad SMARTS) is 1. The number of carbonyl (C=O) groups excluding carboxylic acids is 1. The zero-order valence-corrected chi connectivity index (χ0v) is 9.64. The average Bonchev–Trinajstić information content (AvgIpc) is 2.30. The van der Waals surface area contributed by atoms with Gasteiger partial charge in [0.25, 0.3) is 5.91 Å². The molecule has 1 aromatic rings. The fourth-order valence-electron chi connectivity index (χ4n) is 1.33. The third-order valence-corrected chi connectivity index (χ3v) is 2.37. The molecule has 5 heteroatoms. The maximum atomic E-state index is 11.6. The van der Waals surface area contributed by atoms with E-state index in [9.17, 15) is 9.59 Å². The van der Waals surface area contributed by atoms with Gasteiger partial charge in [0, 0.05) is 5.56 Å². The molecule has 0 aliphatic heterocycles. The molecule has 0 spiro atoms. The van der Waals surface area contributed by atoms with E-state index in [1.165, 1.54) is 6.92 Å². The molecular weight excluding hydrogens is 220 g/mol. The van der Waals surface area contributed by atoms with Gasteiger partial charge in [-0.15, -0.1) is 0 Å². The van der Waals surface area contributed by atoms with Crippen molar-refractivity contribution < 1.29 is 14.7 Å². The summed E-state index contributed by atoms with van der Waals surface area (Å²) in [7, 11) is 0. The maximum absolute atomic E-state index is 11.6. The van der Waals surface area contributed by atoms with E-state index in [0.717, 1.165) is 12.0 Å². The fraction of sp³-hybridized carbons (Fsp3) is 0.333. The lowest BCUT2D eigenvalue weighted by atomic mass is 10.1. The van der Waals surface area contributed by atoms with Gasteiger partial charge in [-0.25, -0.2) is 0 Å². The van der Waals surface area contributed by atoms with Gasteiger partial charge in [-0.05, 0) is 37.6 Å². The summed E-state index contributed by atoms with van der Waals surface area (Å²) >= 11 is 0. The van der Waals surface area contributed by atoms with Crippen LogP contribution in [-0.4, -0.2) is 29.6 Å². The smallest absolute Gasteiger partial charge is 0.325 e. The molecule has 0 aliphatic rings. The van der Waals surface area contributed by atoms with E-state index in [4.69, 9.17) is 10.8 Å². The molecule has 1 unspecified atom stereocenters. The number of hydrogen-bond acceptors (Lipinski definition) is 3. The van der Waals surface area contributed by atoms with Crippen LogP contribution in [0.5, 0.6) is 0 Å². The minimum Gasteiger partial charge on any atom is -0.480 e. The van der Waals surface area contributed by atoms with Crippen LogP contribution in [-0.2, 0) is 11.2 Å². The summed E-state index contributed by atoms with van der Waals surface area (Å²) in [6.07, 6.45) is 0.757. The van der Waals surface area contributed by atoms with Crippen molar-refractivity contribution in [3.05, 3.63) is 35.4 Å². The van der Waals surface area contributed by atoms with Crippen LogP contribution in [0.15, 0.2) is 24.3 Å². The van der Waals surface area contributed by atoms with E-state index < -0.39 is 12.0 Å². The number of aliphatic carboxylic acids is 1. The van der Waals surface area contributed by atoms with Gasteiger partial charge >= 0.3 is 5.97 Å². The number of carboxylic acids is 1. The second kappa shape index (κ2) is 6.00. The predicted molar refractivity (Wildman–Crippen MR) is 63.8 cm³/mol. The van der Waals surface area contributed by atoms with Crippen molar-refractivity contribution >= 4 is 11.9 Å². The number of rotatable bonds is 5. The van der Waals surface area contributed by atoms with Crippen molar-refractivity contribution in [3.8, 4) is 0 Å². The van der Waals surface area contributed by atoms with E-state index in [-0.39, 0.29) is 5.91 Å². The Balaban J connectivity index is 2.66. The Kier molecular flexibility index (Phi) is 4.66. The van der Waals surface area contributed by atoms with Crippen LogP contribution in [0.3, 0.4) is 0 Å². The van der Waals surface area contributed by atoms with E-state index in [2.05, 4.69) is 5.32 Å². The standard InChI is InChI=1S/C12H16N2O3/c1-8(12(16)17)14-11(15)10-4-2-9(3-5-10)6-7-13/h2-5,8H,6-7,13H2,1H3,(H,14,15)(H,16,17). The average molecular weight is 236 g/mol. The number of carbonyl (C=O) groups is 2. The van der Waals surface area contributed by atoms with E-state index >= 15 is 0 Å². The first kappa shape index (κ1) is 13.2. The molecule has 0 aliphatic carbocycles. The third-order valence-electron chi connectivity index (χ3n) is 2.37. The molecule has 0 bridgehead atoms. The van der Waals surface area contributed by atoms with Crippen molar-refractivity contribution in [2.45, 2.75) is 19.4 Å². The summed E-state index contributed by atoms with van der Waals surface area (Å²) in [4.78, 5) is 22.2. The summed E-state index contributed by atoms with van der Waals surface area (Å²) in [6, 6.07) is 6.05. The Morgan fingerprint density at radius 2 is 1.94 bits per heavy atom. The molecule has 92 valence electrons. The molecule has 4 N–H and O–H groups in total. The Hall–Kier alpha value is -1.88. The monoisotopic (exact) mass is 236 g/mol. The van der Waals surface area contributed by atoms with Crippen molar-refractivity contribution in [2.24, 2.45) is 5.73 Å². The van der Waals surface area contributed by atoms with Gasteiger partial charge in [0.05, 0.1) is 0 Å². The van der Waals surface area contributed by atoms with Crippen molar-refractivity contribution in [3.63, 3.8) is 0 Å². The van der Waals surface area contributed by atoms with Crippen LogP contribution in [0.4, 0.5) is 0 Å². The maximum Gasteiger partial charge on any atom is 0.325 e. The lowest BCUT2D eigenvalue weighted by Gasteiger charge is -2.09. The van der Waals surface area contributed by atoms with Crippen LogP contribution in [0.25, 0.3) is 0 Å². The van der Waals surface area contributed by atoms with E-state index in [0.29, 0.717) is 12.1 Å². The van der Waals surface area contributed by atoms with Crippen molar-refractivity contribution in [1.82, 2.24) is 5.32 Å².